The van der Waals surface area contributed by atoms with Gasteiger partial charge in [-0.05, 0) is 97.9 Å². The van der Waals surface area contributed by atoms with Gasteiger partial charge < -0.3 is 53.8 Å². The van der Waals surface area contributed by atoms with Crippen LogP contribution in [0.2, 0.25) is 0 Å². The first-order chi connectivity index (χ1) is 49.1. The van der Waals surface area contributed by atoms with Crippen molar-refractivity contribution in [2.75, 3.05) is 137 Å². The summed E-state index contributed by atoms with van der Waals surface area (Å²) >= 11 is 0. The summed E-state index contributed by atoms with van der Waals surface area (Å²) in [6.45, 7) is 6.29. The highest BCUT2D eigenvalue weighted by Gasteiger charge is 2.49. The molecule has 2 aromatic carbocycles. The Morgan fingerprint density at radius 1 is 0.612 bits per heavy atom. The second-order valence-electron chi connectivity index (χ2n) is 26.3. The molecule has 0 radical (unpaired) electrons. The Balaban J connectivity index is 0.878. The number of aromatic nitrogens is 8. The van der Waals surface area contributed by atoms with Gasteiger partial charge in [0.25, 0.3) is 17.4 Å². The Hall–Kier alpha value is -7.70. The number of aliphatic imine (C=N–C) groups is 1. The van der Waals surface area contributed by atoms with Crippen LogP contribution in [0.15, 0.2) is 122 Å². The second-order valence-corrected chi connectivity index (χ2v) is 34.1. The van der Waals surface area contributed by atoms with Crippen LogP contribution in [-0.4, -0.2) is 235 Å². The molecule has 2 amide bonds. The highest BCUT2D eigenvalue weighted by molar-refractivity contribution is 7.54. The second kappa shape index (κ2) is 32.8. The third-order valence-corrected chi connectivity index (χ3v) is 25.3. The van der Waals surface area contributed by atoms with E-state index in [0.29, 0.717) is 35.5 Å². The van der Waals surface area contributed by atoms with Crippen LogP contribution in [0.5, 0.6) is 0 Å². The molecular weight excluding hydrogens is 1400 g/mol. The van der Waals surface area contributed by atoms with E-state index in [0.717, 1.165) is 4.57 Å². The Kier molecular flexibility index (Phi) is 24.3. The maximum absolute atomic E-state index is 16.3. The predicted molar refractivity (Wildman–Crippen MR) is 379 cm³/mol. The number of rotatable bonds is 26. The predicted octanol–water partition coefficient (Wildman–Crippen LogP) is 4.37. The molecule has 4 fully saturated rings. The quantitative estimate of drug-likeness (QED) is 0.0471. The largest absolute Gasteiger partial charge is 0.352 e. The normalized spacial score (nSPS) is 24.5. The SMILES string of the molecule is CC[C@@H]1CN([P@@](=O)(OC[C@@H]2CN([P@@](=O)(OC[C@@H]3CN([P@@](=O)(OC[C@@H]4CNC[C@H](n5cc(C)c(=O)[nH]c5=O)O4)N(C)C)C[C@H](n4cnc5c4NC(=NCC(C)C)CC5=O)O3)N(C)C)C[C@H](n3ccc(NC(=O)c4ccccc4)nc3=O)O2)N(C)C)C[C@H](n2ccc(NC(=O)c3ccccc3)nc2=O)O1. The fourth-order valence-corrected chi connectivity index (χ4v) is 18.2. The average molecular weight is 1490 g/mol. The molecule has 11 rings (SSSR count). The molecule has 4 aromatic heterocycles. The number of imidazole rings is 1. The summed E-state index contributed by atoms with van der Waals surface area (Å²) in [5.74, 6) is -0.485. The van der Waals surface area contributed by atoms with E-state index in [2.05, 4.69) is 46.2 Å². The number of ketones is 1. The van der Waals surface area contributed by atoms with Crippen molar-refractivity contribution in [3.8, 4) is 0 Å². The number of aromatic amines is 1. The number of Topliss-reactive ketones (excluding diaryl/α,β-unsaturated/α-hetero) is 1. The molecule has 0 bridgehead atoms. The number of benzene rings is 2. The van der Waals surface area contributed by atoms with Crippen LogP contribution in [-0.2, 0) is 46.2 Å². The van der Waals surface area contributed by atoms with Crippen molar-refractivity contribution in [2.24, 2.45) is 10.9 Å². The van der Waals surface area contributed by atoms with E-state index in [-0.39, 0.29) is 100 Å². The van der Waals surface area contributed by atoms with Crippen molar-refractivity contribution in [3.63, 3.8) is 0 Å². The lowest BCUT2D eigenvalue weighted by atomic mass is 10.1. The zero-order chi connectivity index (χ0) is 73.7. The van der Waals surface area contributed by atoms with Crippen LogP contribution in [0.25, 0.3) is 0 Å². The molecule has 0 spiro atoms. The summed E-state index contributed by atoms with van der Waals surface area (Å²) < 4.78 is 108. The number of amides is 2. The number of fused-ring (bicyclic) bond motifs is 1. The highest BCUT2D eigenvalue weighted by Crippen LogP contribution is 2.58. The molecule has 5 N–H and O–H groups in total. The van der Waals surface area contributed by atoms with Gasteiger partial charge in [0.1, 0.15) is 35.2 Å². The van der Waals surface area contributed by atoms with E-state index in [1.54, 1.807) is 110 Å². The van der Waals surface area contributed by atoms with Gasteiger partial charge >= 0.3 is 40.1 Å². The molecule has 5 aliphatic rings. The van der Waals surface area contributed by atoms with Gasteiger partial charge in [-0.25, -0.2) is 47.4 Å². The Morgan fingerprint density at radius 3 is 1.53 bits per heavy atom. The molecule has 9 heterocycles. The summed E-state index contributed by atoms with van der Waals surface area (Å²) in [7, 11) is -3.32. The molecule has 4 saturated heterocycles. The number of carbonyl (C=O) groups is 3. The molecule has 6 aromatic rings. The summed E-state index contributed by atoms with van der Waals surface area (Å²) in [6.07, 6.45) is -1.83. The van der Waals surface area contributed by atoms with Crippen LogP contribution in [0.1, 0.15) is 95.3 Å². The van der Waals surface area contributed by atoms with Gasteiger partial charge in [0, 0.05) is 74.5 Å². The molecule has 0 aliphatic carbocycles. The van der Waals surface area contributed by atoms with Gasteiger partial charge in [-0.3, -0.25) is 61.1 Å². The summed E-state index contributed by atoms with van der Waals surface area (Å²) in [5.41, 5.74) is -1.74. The van der Waals surface area contributed by atoms with Crippen molar-refractivity contribution in [2.45, 2.75) is 89.9 Å². The Morgan fingerprint density at radius 2 is 1.07 bits per heavy atom. The topological polar surface area (TPSA) is 389 Å². The van der Waals surface area contributed by atoms with Gasteiger partial charge in [-0.1, -0.05) is 57.2 Å². The van der Waals surface area contributed by atoms with E-state index in [9.17, 15) is 33.6 Å². The van der Waals surface area contributed by atoms with Gasteiger partial charge in [-0.2, -0.15) is 9.97 Å². The molecular formula is C64H88N19O17P3. The highest BCUT2D eigenvalue weighted by atomic mass is 31.2. The summed E-state index contributed by atoms with van der Waals surface area (Å²) in [4.78, 5) is 113. The van der Waals surface area contributed by atoms with Crippen molar-refractivity contribution in [1.82, 2.24) is 71.5 Å². The minimum absolute atomic E-state index is 0.00540. The van der Waals surface area contributed by atoms with Crippen LogP contribution >= 0.6 is 23.0 Å². The minimum Gasteiger partial charge on any atom is -0.352 e. The maximum Gasteiger partial charge on any atom is 0.351 e. The fourth-order valence-electron chi connectivity index (χ4n) is 12.2. The van der Waals surface area contributed by atoms with E-state index in [1.807, 2.05) is 20.8 Å². The van der Waals surface area contributed by atoms with Gasteiger partial charge in [0.2, 0.25) is 0 Å². The number of hydrogen-bond acceptors (Lipinski definition) is 22. The third kappa shape index (κ3) is 17.5. The number of nitrogens with one attached hydrogen (secondary N) is 5. The molecule has 39 heteroatoms. The van der Waals surface area contributed by atoms with Crippen molar-refractivity contribution in [3.05, 3.63) is 162 Å². The fraction of sp³-hybridized carbons (Fsp3) is 0.516. The number of aryl methyl sites for hydroxylation is 1. The third-order valence-electron chi connectivity index (χ3n) is 17.7. The van der Waals surface area contributed by atoms with E-state index in [1.165, 1.54) is 79.0 Å². The standard InChI is InChI=1S/C64H88N19O17P3/c1-11-45-31-77(34-54(97-45)80-24-22-50(71-62(80)88)69-60(86)43-18-14-12-15-19-43)101(91,74(5)6)95-38-47-32-78(35-55(99-47)81-25-23-51(72-63(81)89)70-61(87)44-20-16-13-17-21-44)103(93,76(9)10)96-39-48-33-79(36-56(100-48)83-40-67-57-49(84)26-52(68-58(57)83)66-27-41(2)3)102(92,75(7)8)94-37-46-28-65-29-53(98-46)82-30-42(4)59(85)73-64(82)90/h12-25,30,40-41,45-48,53-56,65H,11,26-29,31-39H2,1-10H3,(H,66,68)(H,73,85,90)(H,69,71,86,88)(H,70,72,87,89)/t45-,46+,47+,48+,53-,54-,55-,56-,101+,102+,103+/m1/s1. The van der Waals surface area contributed by atoms with Crippen molar-refractivity contribution in [1.29, 1.82) is 0 Å². The summed E-state index contributed by atoms with van der Waals surface area (Å²) in [5, 5.41) is 11.8. The lowest BCUT2D eigenvalue weighted by molar-refractivity contribution is -0.129. The van der Waals surface area contributed by atoms with E-state index >= 15 is 13.7 Å². The maximum atomic E-state index is 16.3. The van der Waals surface area contributed by atoms with Gasteiger partial charge in [0.15, 0.2) is 24.5 Å². The first kappa shape index (κ1) is 76.4. The molecule has 0 unspecified atom stereocenters. The Labute approximate surface area is 593 Å². The number of ether oxygens (including phenoxy) is 4. The van der Waals surface area contributed by atoms with Crippen molar-refractivity contribution >= 4 is 63.9 Å². The van der Waals surface area contributed by atoms with Crippen molar-refractivity contribution < 1.29 is 60.6 Å². The van der Waals surface area contributed by atoms with E-state index < -0.39 is 120 Å². The molecule has 11 atom stereocenters. The number of hydrogen-bond donors (Lipinski definition) is 5. The van der Waals surface area contributed by atoms with Crippen LogP contribution in [0.4, 0.5) is 17.5 Å². The molecule has 556 valence electrons. The molecule has 5 aliphatic heterocycles. The monoisotopic (exact) mass is 1490 g/mol. The first-order valence-corrected chi connectivity index (χ1v) is 38.2. The van der Waals surface area contributed by atoms with Crippen LogP contribution in [0.3, 0.4) is 0 Å². The number of nitrogens with zero attached hydrogens (tertiary/aromatic N) is 14. The minimum atomic E-state index is -4.38. The molecule has 0 saturated carbocycles. The Bertz CT molecular complexity index is 4480. The summed E-state index contributed by atoms with van der Waals surface area (Å²) in [6, 6.07) is 19.6. The number of morpholine rings is 4. The number of anilines is 3. The van der Waals surface area contributed by atoms with Crippen LogP contribution in [0, 0.1) is 12.8 Å². The number of carbonyl (C=O) groups excluding carboxylic acids is 3. The molecule has 103 heavy (non-hydrogen) atoms. The molecule has 36 nitrogen and oxygen atoms in total. The van der Waals surface area contributed by atoms with E-state index in [4.69, 9.17) is 32.5 Å². The first-order valence-electron chi connectivity index (χ1n) is 33.6. The van der Waals surface area contributed by atoms with Crippen LogP contribution < -0.4 is 43.9 Å². The lowest BCUT2D eigenvalue weighted by Crippen LogP contribution is -2.51. The van der Waals surface area contributed by atoms with Gasteiger partial charge in [-0.15, -0.1) is 0 Å². The smallest absolute Gasteiger partial charge is 0.351 e. The zero-order valence-electron chi connectivity index (χ0n) is 58.9. The zero-order valence-corrected chi connectivity index (χ0v) is 61.6. The van der Waals surface area contributed by atoms with Gasteiger partial charge in [0.05, 0.1) is 76.6 Å². The average Bonchev–Trinajstić information content (AvgIpc) is 1.76. The number of amidine groups is 1. The lowest BCUT2D eigenvalue weighted by Gasteiger charge is -2.46. The number of H-pyrrole nitrogens is 1.